The van der Waals surface area contributed by atoms with E-state index in [-0.39, 0.29) is 23.4 Å². The first-order chi connectivity index (χ1) is 13.6. The van der Waals surface area contributed by atoms with Gasteiger partial charge in [0.1, 0.15) is 0 Å². The lowest BCUT2D eigenvalue weighted by Gasteiger charge is -2.14. The predicted octanol–water partition coefficient (Wildman–Crippen LogP) is 4.79. The summed E-state index contributed by atoms with van der Waals surface area (Å²) in [6.45, 7) is 0.224. The molecule has 0 spiro atoms. The lowest BCUT2D eigenvalue weighted by atomic mass is 10.0. The average Bonchev–Trinajstić information content (AvgIpc) is 2.97. The third kappa shape index (κ3) is 3.34. The number of benzene rings is 3. The fourth-order valence-corrected chi connectivity index (χ4v) is 4.01. The Labute approximate surface area is 166 Å². The van der Waals surface area contributed by atoms with Gasteiger partial charge in [0.25, 0.3) is 11.1 Å². The minimum Gasteiger partial charge on any atom is -0.504 e. The molecule has 140 valence electrons. The number of carbonyl (C=O) groups is 2. The van der Waals surface area contributed by atoms with Crippen LogP contribution in [0.15, 0.2) is 65.6 Å². The molecule has 1 aliphatic heterocycles. The molecule has 1 fully saturated rings. The van der Waals surface area contributed by atoms with Gasteiger partial charge in [-0.3, -0.25) is 14.5 Å². The van der Waals surface area contributed by atoms with Gasteiger partial charge < -0.3 is 9.84 Å². The van der Waals surface area contributed by atoms with Crippen molar-refractivity contribution in [3.63, 3.8) is 0 Å². The number of ether oxygens (including phenoxy) is 1. The van der Waals surface area contributed by atoms with E-state index in [9.17, 15) is 14.7 Å². The Hall–Kier alpha value is -3.25. The number of aromatic hydroxyl groups is 1. The van der Waals surface area contributed by atoms with Crippen LogP contribution in [0.25, 0.3) is 16.8 Å². The van der Waals surface area contributed by atoms with E-state index in [0.29, 0.717) is 16.2 Å². The Morgan fingerprint density at radius 3 is 2.68 bits per heavy atom. The molecule has 5 nitrogen and oxygen atoms in total. The molecule has 2 amide bonds. The maximum absolute atomic E-state index is 12.8. The molecule has 6 heteroatoms. The van der Waals surface area contributed by atoms with E-state index in [1.807, 2.05) is 42.5 Å². The number of methoxy groups -OCH3 is 1. The van der Waals surface area contributed by atoms with Crippen molar-refractivity contribution in [1.82, 2.24) is 4.90 Å². The summed E-state index contributed by atoms with van der Waals surface area (Å²) < 4.78 is 5.09. The molecule has 0 saturated carbocycles. The van der Waals surface area contributed by atoms with Crippen LogP contribution in [0.5, 0.6) is 11.5 Å². The highest BCUT2D eigenvalue weighted by atomic mass is 32.2. The second-order valence-corrected chi connectivity index (χ2v) is 7.33. The van der Waals surface area contributed by atoms with Gasteiger partial charge in [0.2, 0.25) is 0 Å². The zero-order valence-corrected chi connectivity index (χ0v) is 15.9. The van der Waals surface area contributed by atoms with Gasteiger partial charge in [-0.1, -0.05) is 48.5 Å². The second-order valence-electron chi connectivity index (χ2n) is 6.34. The van der Waals surface area contributed by atoms with Crippen molar-refractivity contribution in [1.29, 1.82) is 0 Å². The minimum atomic E-state index is -0.324. The van der Waals surface area contributed by atoms with Crippen LogP contribution in [0.2, 0.25) is 0 Å². The van der Waals surface area contributed by atoms with Crippen molar-refractivity contribution < 1.29 is 19.4 Å². The first-order valence-electron chi connectivity index (χ1n) is 8.66. The van der Waals surface area contributed by atoms with Crippen molar-refractivity contribution in [2.75, 3.05) is 7.11 Å². The smallest absolute Gasteiger partial charge is 0.293 e. The van der Waals surface area contributed by atoms with E-state index in [2.05, 4.69) is 0 Å². The van der Waals surface area contributed by atoms with Crippen LogP contribution >= 0.6 is 11.8 Å². The molecule has 1 saturated heterocycles. The summed E-state index contributed by atoms with van der Waals surface area (Å²) in [6.07, 6.45) is 1.63. The van der Waals surface area contributed by atoms with Crippen LogP contribution in [-0.2, 0) is 11.3 Å². The van der Waals surface area contributed by atoms with Crippen LogP contribution in [0.4, 0.5) is 4.79 Å². The summed E-state index contributed by atoms with van der Waals surface area (Å²) in [5.41, 5.74) is 1.60. The van der Waals surface area contributed by atoms with E-state index < -0.39 is 0 Å². The van der Waals surface area contributed by atoms with Crippen molar-refractivity contribution in [2.45, 2.75) is 6.54 Å². The molecule has 3 aromatic carbocycles. The van der Waals surface area contributed by atoms with Gasteiger partial charge in [-0.2, -0.15) is 0 Å². The fourth-order valence-electron chi connectivity index (χ4n) is 3.17. The number of rotatable bonds is 4. The number of thioether (sulfide) groups is 1. The number of amides is 2. The van der Waals surface area contributed by atoms with Crippen LogP contribution in [0.3, 0.4) is 0 Å². The number of phenolic OH excluding ortho intramolecular Hbond substituents is 1. The van der Waals surface area contributed by atoms with E-state index in [1.54, 1.807) is 18.2 Å². The van der Waals surface area contributed by atoms with Crippen molar-refractivity contribution in [3.05, 3.63) is 76.7 Å². The Bertz CT molecular complexity index is 1120. The average molecular weight is 391 g/mol. The highest BCUT2D eigenvalue weighted by Crippen LogP contribution is 2.35. The minimum absolute atomic E-state index is 0.0173. The third-order valence-corrected chi connectivity index (χ3v) is 5.49. The highest BCUT2D eigenvalue weighted by Gasteiger charge is 2.35. The lowest BCUT2D eigenvalue weighted by molar-refractivity contribution is -0.123. The molecule has 0 aliphatic carbocycles. The molecule has 1 N–H and O–H groups in total. The number of phenols is 1. The predicted molar refractivity (Wildman–Crippen MR) is 110 cm³/mol. The highest BCUT2D eigenvalue weighted by molar-refractivity contribution is 8.18. The fraction of sp³-hybridized carbons (Fsp3) is 0.0909. The van der Waals surface area contributed by atoms with Gasteiger partial charge in [-0.25, -0.2) is 0 Å². The van der Waals surface area contributed by atoms with Gasteiger partial charge >= 0.3 is 0 Å². The quantitative estimate of drug-likeness (QED) is 0.648. The van der Waals surface area contributed by atoms with Crippen LogP contribution in [-0.4, -0.2) is 28.3 Å². The van der Waals surface area contributed by atoms with Crippen molar-refractivity contribution in [3.8, 4) is 11.5 Å². The first kappa shape index (κ1) is 18.1. The maximum atomic E-state index is 12.8. The molecule has 3 aromatic rings. The summed E-state index contributed by atoms with van der Waals surface area (Å²) in [5.74, 6) is 0.00224. The normalized spacial score (nSPS) is 15.6. The summed E-state index contributed by atoms with van der Waals surface area (Å²) in [4.78, 5) is 26.9. The molecule has 1 aliphatic rings. The van der Waals surface area contributed by atoms with E-state index >= 15 is 0 Å². The molecule has 0 atom stereocenters. The topological polar surface area (TPSA) is 66.8 Å². The lowest BCUT2D eigenvalue weighted by Crippen LogP contribution is -2.27. The molecule has 0 aromatic heterocycles. The number of nitrogens with zero attached hydrogens (tertiary/aromatic N) is 1. The SMILES string of the molecule is COc1cc(C=C2SC(=O)N(Cc3cccc4ccccc34)C2=O)ccc1O. The second kappa shape index (κ2) is 7.40. The van der Waals surface area contributed by atoms with Crippen LogP contribution in [0, 0.1) is 0 Å². The van der Waals surface area contributed by atoms with Gasteiger partial charge in [-0.05, 0) is 51.9 Å². The number of fused-ring (bicyclic) bond motifs is 1. The number of hydrogen-bond acceptors (Lipinski definition) is 5. The molecule has 28 heavy (non-hydrogen) atoms. The monoisotopic (exact) mass is 391 g/mol. The zero-order valence-electron chi connectivity index (χ0n) is 15.1. The Kier molecular flexibility index (Phi) is 4.79. The number of carbonyl (C=O) groups excluding carboxylic acids is 2. The van der Waals surface area contributed by atoms with Crippen molar-refractivity contribution in [2.24, 2.45) is 0 Å². The molecule has 1 heterocycles. The summed E-state index contributed by atoms with van der Waals surface area (Å²) >= 11 is 0.914. The largest absolute Gasteiger partial charge is 0.504 e. The number of hydrogen-bond donors (Lipinski definition) is 1. The van der Waals surface area contributed by atoms with E-state index in [1.165, 1.54) is 18.1 Å². The standard InChI is InChI=1S/C22H17NO4S/c1-27-19-11-14(9-10-18(19)24)12-20-21(25)23(22(26)28-20)13-16-7-4-6-15-5-2-3-8-17(15)16/h2-12,24H,13H2,1H3. The zero-order chi connectivity index (χ0) is 19.7. The maximum Gasteiger partial charge on any atom is 0.293 e. The van der Waals surface area contributed by atoms with Gasteiger partial charge in [0.15, 0.2) is 11.5 Å². The van der Waals surface area contributed by atoms with Gasteiger partial charge in [0, 0.05) is 0 Å². The molecular formula is C22H17NO4S. The summed E-state index contributed by atoms with van der Waals surface area (Å²) in [6, 6.07) is 18.5. The molecule has 0 unspecified atom stereocenters. The Morgan fingerprint density at radius 1 is 1.07 bits per heavy atom. The first-order valence-corrected chi connectivity index (χ1v) is 9.47. The van der Waals surface area contributed by atoms with Gasteiger partial charge in [0.05, 0.1) is 18.6 Å². The Morgan fingerprint density at radius 2 is 1.86 bits per heavy atom. The van der Waals surface area contributed by atoms with Crippen LogP contribution in [0.1, 0.15) is 11.1 Å². The van der Waals surface area contributed by atoms with Crippen molar-refractivity contribution >= 4 is 39.8 Å². The Balaban J connectivity index is 1.62. The molecule has 4 rings (SSSR count). The third-order valence-electron chi connectivity index (χ3n) is 4.58. The van der Waals surface area contributed by atoms with Crippen LogP contribution < -0.4 is 4.74 Å². The van der Waals surface area contributed by atoms with Gasteiger partial charge in [-0.15, -0.1) is 0 Å². The van der Waals surface area contributed by atoms with E-state index in [0.717, 1.165) is 28.1 Å². The summed E-state index contributed by atoms with van der Waals surface area (Å²) in [7, 11) is 1.46. The summed E-state index contributed by atoms with van der Waals surface area (Å²) in [5, 5.41) is 11.5. The molecule has 0 radical (unpaired) electrons. The molecular weight excluding hydrogens is 374 g/mol. The number of imide groups is 1. The van der Waals surface area contributed by atoms with E-state index in [4.69, 9.17) is 4.74 Å². The molecule has 0 bridgehead atoms.